The molecular weight excluding hydrogens is 492 g/mol. The molecule has 1 aliphatic heterocycles. The van der Waals surface area contributed by atoms with Crippen molar-refractivity contribution in [2.24, 2.45) is 0 Å². The second-order valence-corrected chi connectivity index (χ2v) is 10.3. The molecule has 0 atom stereocenters. The van der Waals surface area contributed by atoms with E-state index in [2.05, 4.69) is 16.8 Å². The number of phenols is 2. The maximum atomic E-state index is 15.4. The predicted octanol–water partition coefficient (Wildman–Crippen LogP) is 4.23. The molecule has 1 fully saturated rings. The van der Waals surface area contributed by atoms with Crippen LogP contribution >= 0.6 is 0 Å². The van der Waals surface area contributed by atoms with Gasteiger partial charge in [0.2, 0.25) is 0 Å². The van der Waals surface area contributed by atoms with Gasteiger partial charge in [-0.15, -0.1) is 0 Å². The second kappa shape index (κ2) is 11.9. The van der Waals surface area contributed by atoms with Crippen molar-refractivity contribution in [1.82, 2.24) is 15.1 Å². The molecule has 1 heterocycles. The maximum absolute atomic E-state index is 15.4. The molecule has 8 nitrogen and oxygen atoms in total. The van der Waals surface area contributed by atoms with Crippen LogP contribution in [0.1, 0.15) is 50.3 Å². The number of aromatic hydroxyl groups is 2. The van der Waals surface area contributed by atoms with E-state index in [-0.39, 0.29) is 52.5 Å². The van der Waals surface area contributed by atoms with Crippen LogP contribution in [-0.4, -0.2) is 71.0 Å². The lowest BCUT2D eigenvalue weighted by molar-refractivity contribution is -0.115. The van der Waals surface area contributed by atoms with Crippen LogP contribution in [-0.2, 0) is 11.3 Å². The van der Waals surface area contributed by atoms with Gasteiger partial charge in [0.15, 0.2) is 5.84 Å². The number of carbonyl (C=O) groups excluding carboxylic acids is 1. The summed E-state index contributed by atoms with van der Waals surface area (Å²) in [4.78, 5) is 17.9. The second-order valence-electron chi connectivity index (χ2n) is 10.3. The Kier molecular flexibility index (Phi) is 9.11. The lowest BCUT2D eigenvalue weighted by Gasteiger charge is -2.32. The molecule has 1 amide bonds. The number of anilines is 1. The van der Waals surface area contributed by atoms with Crippen molar-refractivity contribution in [2.75, 3.05) is 38.1 Å². The van der Waals surface area contributed by atoms with Crippen molar-refractivity contribution in [1.29, 1.82) is 5.41 Å². The van der Waals surface area contributed by atoms with Crippen LogP contribution in [0.4, 0.5) is 14.5 Å². The summed E-state index contributed by atoms with van der Waals surface area (Å²) in [6, 6.07) is 4.47. The van der Waals surface area contributed by atoms with Gasteiger partial charge in [-0.2, -0.15) is 0 Å². The van der Waals surface area contributed by atoms with E-state index in [1.165, 1.54) is 6.07 Å². The molecule has 2 aromatic rings. The van der Waals surface area contributed by atoms with Crippen molar-refractivity contribution in [2.45, 2.75) is 46.2 Å². The van der Waals surface area contributed by atoms with Crippen molar-refractivity contribution < 1.29 is 23.8 Å². The molecule has 0 aliphatic carbocycles. The van der Waals surface area contributed by atoms with E-state index < -0.39 is 23.4 Å². The zero-order valence-corrected chi connectivity index (χ0v) is 22.6. The van der Waals surface area contributed by atoms with Crippen LogP contribution in [0.2, 0.25) is 0 Å². The lowest BCUT2D eigenvalue weighted by Crippen LogP contribution is -2.44. The summed E-state index contributed by atoms with van der Waals surface area (Å²) in [6.45, 7) is 14.1. The molecule has 0 unspecified atom stereocenters. The van der Waals surface area contributed by atoms with E-state index in [1.807, 2.05) is 25.8 Å². The SMILES string of the molecule is C=C(c1cc(C(C)C)c(O)cc1O)N(C(=N)C(=O)NC(C)C)c1cc(F)c(CN2CCN(C)CC2)c(F)c1. The van der Waals surface area contributed by atoms with Crippen LogP contribution in [0, 0.1) is 17.0 Å². The monoisotopic (exact) mass is 529 g/mol. The summed E-state index contributed by atoms with van der Waals surface area (Å²) in [6.07, 6.45) is 0. The summed E-state index contributed by atoms with van der Waals surface area (Å²) in [5.74, 6) is -3.65. The molecule has 1 saturated heterocycles. The summed E-state index contributed by atoms with van der Waals surface area (Å²) >= 11 is 0. The molecule has 4 N–H and O–H groups in total. The van der Waals surface area contributed by atoms with E-state index in [9.17, 15) is 15.0 Å². The summed E-state index contributed by atoms with van der Waals surface area (Å²) in [7, 11) is 2.00. The Morgan fingerprint density at radius 2 is 1.63 bits per heavy atom. The van der Waals surface area contributed by atoms with Crippen molar-refractivity contribution in [3.63, 3.8) is 0 Å². The van der Waals surface area contributed by atoms with Crippen LogP contribution in [0.25, 0.3) is 5.70 Å². The first kappa shape index (κ1) is 29.1. The van der Waals surface area contributed by atoms with Crippen molar-refractivity contribution >= 4 is 23.1 Å². The Morgan fingerprint density at radius 1 is 1.05 bits per heavy atom. The molecule has 0 aromatic heterocycles. The zero-order valence-electron chi connectivity index (χ0n) is 22.6. The number of carbonyl (C=O) groups is 1. The number of hydrogen-bond donors (Lipinski definition) is 4. The van der Waals surface area contributed by atoms with E-state index >= 15 is 8.78 Å². The van der Waals surface area contributed by atoms with Gasteiger partial charge in [-0.3, -0.25) is 20.0 Å². The molecule has 0 saturated carbocycles. The quantitative estimate of drug-likeness (QED) is 0.316. The number of halogens is 2. The molecule has 0 spiro atoms. The Labute approximate surface area is 222 Å². The average Bonchev–Trinajstić information content (AvgIpc) is 2.82. The van der Waals surface area contributed by atoms with Gasteiger partial charge in [-0.25, -0.2) is 8.78 Å². The van der Waals surface area contributed by atoms with Gasteiger partial charge in [-0.1, -0.05) is 20.4 Å². The molecule has 1 aliphatic rings. The molecule has 2 aromatic carbocycles. The predicted molar refractivity (Wildman–Crippen MR) is 146 cm³/mol. The summed E-state index contributed by atoms with van der Waals surface area (Å²) in [5.41, 5.74) is 0.318. The number of likely N-dealkylation sites (N-methyl/N-ethyl adjacent to an activating group) is 1. The maximum Gasteiger partial charge on any atom is 0.287 e. The highest BCUT2D eigenvalue weighted by atomic mass is 19.1. The van der Waals surface area contributed by atoms with Crippen LogP contribution in [0.5, 0.6) is 11.5 Å². The Balaban J connectivity index is 2.06. The fourth-order valence-corrected chi connectivity index (χ4v) is 4.36. The number of nitrogens with one attached hydrogen (secondary N) is 2. The van der Waals surface area contributed by atoms with Gasteiger partial charge in [0, 0.05) is 56.0 Å². The topological polar surface area (TPSA) is 103 Å². The number of amidine groups is 1. The molecule has 0 bridgehead atoms. The van der Waals surface area contributed by atoms with Gasteiger partial charge < -0.3 is 20.4 Å². The first-order valence-electron chi connectivity index (χ1n) is 12.6. The number of benzene rings is 2. The minimum Gasteiger partial charge on any atom is -0.508 e. The standard InChI is InChI=1S/C28H37F2N5O3/c1-16(2)20-13-21(26(37)14-25(20)36)18(5)35(27(31)28(38)32-17(3)4)19-11-23(29)22(24(30)12-19)15-34-9-7-33(6)8-10-34/h11-14,16-17,31,36-37H,5,7-10,15H2,1-4,6H3,(H,32,38). The molecule has 10 heteroatoms. The summed E-state index contributed by atoms with van der Waals surface area (Å²) in [5, 5.41) is 32.1. The average molecular weight is 530 g/mol. The Morgan fingerprint density at radius 3 is 2.16 bits per heavy atom. The van der Waals surface area contributed by atoms with Crippen LogP contribution in [0.15, 0.2) is 30.8 Å². The fourth-order valence-electron chi connectivity index (χ4n) is 4.36. The number of piperazine rings is 1. The molecule has 0 radical (unpaired) electrons. The summed E-state index contributed by atoms with van der Waals surface area (Å²) < 4.78 is 30.7. The highest BCUT2D eigenvalue weighted by Gasteiger charge is 2.28. The third kappa shape index (κ3) is 6.49. The number of hydrogen-bond acceptors (Lipinski definition) is 6. The van der Waals surface area contributed by atoms with E-state index in [1.54, 1.807) is 13.8 Å². The first-order chi connectivity index (χ1) is 17.8. The fraction of sp³-hybridized carbons (Fsp3) is 0.429. The first-order valence-corrected chi connectivity index (χ1v) is 12.6. The largest absolute Gasteiger partial charge is 0.508 e. The highest BCUT2D eigenvalue weighted by Crippen LogP contribution is 2.38. The zero-order chi connectivity index (χ0) is 28.3. The van der Waals surface area contributed by atoms with Gasteiger partial charge in [0.1, 0.15) is 23.1 Å². The number of phenolic OH excluding ortho intramolecular Hbond substituents is 2. The highest BCUT2D eigenvalue weighted by molar-refractivity contribution is 6.44. The third-order valence-electron chi connectivity index (χ3n) is 6.57. The smallest absolute Gasteiger partial charge is 0.287 e. The third-order valence-corrected chi connectivity index (χ3v) is 6.57. The normalized spacial score (nSPS) is 14.7. The lowest BCUT2D eigenvalue weighted by atomic mass is 9.97. The van der Waals surface area contributed by atoms with Crippen LogP contribution in [0.3, 0.4) is 0 Å². The van der Waals surface area contributed by atoms with Gasteiger partial charge in [0.05, 0.1) is 11.4 Å². The minimum absolute atomic E-state index is 0.0566. The minimum atomic E-state index is -0.813. The molecule has 206 valence electrons. The van der Waals surface area contributed by atoms with E-state index in [0.717, 1.165) is 36.2 Å². The Bertz CT molecular complexity index is 1200. The van der Waals surface area contributed by atoms with Crippen LogP contribution < -0.4 is 10.2 Å². The number of nitrogens with zero attached hydrogens (tertiary/aromatic N) is 3. The van der Waals surface area contributed by atoms with E-state index in [0.29, 0.717) is 18.7 Å². The number of amides is 1. The van der Waals surface area contributed by atoms with Gasteiger partial charge in [0.25, 0.3) is 5.91 Å². The number of rotatable bonds is 7. The van der Waals surface area contributed by atoms with Gasteiger partial charge in [-0.05, 0) is 50.6 Å². The molecular formula is C28H37F2N5O3. The molecule has 38 heavy (non-hydrogen) atoms. The Hall–Kier alpha value is -3.50. The van der Waals surface area contributed by atoms with Crippen molar-refractivity contribution in [3.8, 4) is 11.5 Å². The van der Waals surface area contributed by atoms with E-state index in [4.69, 9.17) is 5.41 Å². The van der Waals surface area contributed by atoms with Crippen molar-refractivity contribution in [3.05, 3.63) is 59.2 Å². The van der Waals surface area contributed by atoms with Gasteiger partial charge >= 0.3 is 0 Å². The molecule has 3 rings (SSSR count).